The third kappa shape index (κ3) is 4.45. The number of phenols is 1. The van der Waals surface area contributed by atoms with E-state index in [1.54, 1.807) is 23.7 Å². The van der Waals surface area contributed by atoms with Gasteiger partial charge in [0.2, 0.25) is 11.8 Å². The Morgan fingerprint density at radius 2 is 2.03 bits per heavy atom. The van der Waals surface area contributed by atoms with Crippen LogP contribution in [0.3, 0.4) is 0 Å². The predicted molar refractivity (Wildman–Crippen MR) is 113 cm³/mol. The molecule has 0 fully saturated rings. The Balaban J connectivity index is 1.71. The number of phenolic OH excluding ortho intramolecular Hbond substituents is 1. The molecule has 1 amide bonds. The molecular formula is C22H22N4O5. The monoisotopic (exact) mass is 422 g/mol. The summed E-state index contributed by atoms with van der Waals surface area (Å²) in [5.41, 5.74) is 3.47. The molecule has 2 aromatic heterocycles. The van der Waals surface area contributed by atoms with E-state index in [0.29, 0.717) is 40.7 Å². The number of carbonyl (C=O) groups is 1. The Bertz CT molecular complexity index is 1220. The minimum Gasteiger partial charge on any atom is -0.508 e. The molecule has 9 heteroatoms. The number of hydrogen-bond donors (Lipinski definition) is 3. The average Bonchev–Trinajstić information content (AvgIpc) is 3.26. The fraction of sp³-hybridized carbons (Fsp3) is 0.227. The predicted octanol–water partition coefficient (Wildman–Crippen LogP) is 3.79. The lowest BCUT2D eigenvalue weighted by Gasteiger charge is -2.11. The molecule has 0 aliphatic heterocycles. The highest BCUT2D eigenvalue weighted by molar-refractivity contribution is 5.77. The highest BCUT2D eigenvalue weighted by Crippen LogP contribution is 2.33. The topological polar surface area (TPSA) is 123 Å². The zero-order chi connectivity index (χ0) is 22.0. The molecule has 1 atom stereocenters. The van der Waals surface area contributed by atoms with Crippen LogP contribution in [0.5, 0.6) is 11.6 Å². The first-order chi connectivity index (χ1) is 14.9. The van der Waals surface area contributed by atoms with Gasteiger partial charge < -0.3 is 24.7 Å². The smallest absolute Gasteiger partial charge is 0.404 e. The summed E-state index contributed by atoms with van der Waals surface area (Å²) in [6, 6.07) is 14.2. The number of benzene rings is 2. The maximum Gasteiger partial charge on any atom is 0.404 e. The molecule has 0 bridgehead atoms. The van der Waals surface area contributed by atoms with E-state index in [4.69, 9.17) is 14.3 Å². The van der Waals surface area contributed by atoms with Crippen molar-refractivity contribution in [3.05, 3.63) is 59.7 Å². The Kier molecular flexibility index (Phi) is 5.48. The molecule has 3 N–H and O–H groups in total. The molecule has 4 aromatic rings. The minimum atomic E-state index is -1.11. The van der Waals surface area contributed by atoms with Crippen molar-refractivity contribution >= 4 is 17.2 Å². The van der Waals surface area contributed by atoms with E-state index in [0.717, 1.165) is 5.56 Å². The SMILES string of the molecule is Cc1c(OC[C@H](C)NC(=O)O)nn(Cc2ccccc2)c1-c1nc2ccc(O)cc2o1. The van der Waals surface area contributed by atoms with Crippen molar-refractivity contribution in [3.63, 3.8) is 0 Å². The molecule has 0 aliphatic carbocycles. The van der Waals surface area contributed by atoms with E-state index in [9.17, 15) is 9.90 Å². The van der Waals surface area contributed by atoms with Crippen molar-refractivity contribution in [2.45, 2.75) is 26.4 Å². The van der Waals surface area contributed by atoms with Gasteiger partial charge in [-0.1, -0.05) is 30.3 Å². The number of nitrogens with zero attached hydrogens (tertiary/aromatic N) is 3. The maximum atomic E-state index is 10.8. The quantitative estimate of drug-likeness (QED) is 0.414. The van der Waals surface area contributed by atoms with Crippen molar-refractivity contribution in [2.24, 2.45) is 0 Å². The zero-order valence-corrected chi connectivity index (χ0v) is 17.1. The van der Waals surface area contributed by atoms with Gasteiger partial charge >= 0.3 is 6.09 Å². The number of fused-ring (bicyclic) bond motifs is 1. The fourth-order valence-electron chi connectivity index (χ4n) is 3.28. The molecule has 2 heterocycles. The second-order valence-electron chi connectivity index (χ2n) is 7.25. The van der Waals surface area contributed by atoms with Crippen molar-refractivity contribution < 1.29 is 24.2 Å². The van der Waals surface area contributed by atoms with Gasteiger partial charge in [-0.05, 0) is 31.5 Å². The largest absolute Gasteiger partial charge is 0.508 e. The standard InChI is InChI=1S/C22H22N4O5/c1-13(23-22(28)29)12-30-20-14(2)19(26(25-20)11-15-6-4-3-5-7-15)21-24-17-9-8-16(27)10-18(17)31-21/h3-10,13,23,27H,11-12H2,1-2H3,(H,28,29)/t13-/m0/s1. The van der Waals surface area contributed by atoms with Crippen molar-refractivity contribution in [1.29, 1.82) is 0 Å². The lowest BCUT2D eigenvalue weighted by atomic mass is 10.2. The second kappa shape index (κ2) is 8.39. The molecule has 0 unspecified atom stereocenters. The van der Waals surface area contributed by atoms with Crippen LogP contribution in [0.4, 0.5) is 4.79 Å². The first-order valence-corrected chi connectivity index (χ1v) is 9.74. The van der Waals surface area contributed by atoms with Gasteiger partial charge in [0, 0.05) is 11.6 Å². The molecule has 0 saturated carbocycles. The summed E-state index contributed by atoms with van der Waals surface area (Å²) in [5.74, 6) is 0.816. The first kappa shape index (κ1) is 20.3. The van der Waals surface area contributed by atoms with Crippen LogP contribution in [-0.4, -0.2) is 43.7 Å². The zero-order valence-electron chi connectivity index (χ0n) is 17.1. The van der Waals surface area contributed by atoms with Gasteiger partial charge in [-0.15, -0.1) is 5.10 Å². The molecule has 0 spiro atoms. The normalized spacial score (nSPS) is 12.1. The Labute approximate surface area is 177 Å². The van der Waals surface area contributed by atoms with Crippen LogP contribution in [0.1, 0.15) is 18.1 Å². The molecule has 0 radical (unpaired) electrons. The van der Waals surface area contributed by atoms with E-state index >= 15 is 0 Å². The van der Waals surface area contributed by atoms with Crippen LogP contribution < -0.4 is 10.1 Å². The van der Waals surface area contributed by atoms with Gasteiger partial charge in [-0.25, -0.2) is 9.78 Å². The maximum absolute atomic E-state index is 10.8. The molecule has 0 aliphatic rings. The molecule has 9 nitrogen and oxygen atoms in total. The van der Waals surface area contributed by atoms with Gasteiger partial charge in [0.25, 0.3) is 0 Å². The van der Waals surface area contributed by atoms with Crippen molar-refractivity contribution in [2.75, 3.05) is 6.61 Å². The number of aromatic nitrogens is 3. The van der Waals surface area contributed by atoms with Gasteiger partial charge in [0.1, 0.15) is 23.6 Å². The Morgan fingerprint density at radius 3 is 2.77 bits per heavy atom. The van der Waals surface area contributed by atoms with E-state index < -0.39 is 12.1 Å². The summed E-state index contributed by atoms with van der Waals surface area (Å²) in [6.45, 7) is 4.14. The fourth-order valence-corrected chi connectivity index (χ4v) is 3.28. The van der Waals surface area contributed by atoms with Crippen molar-refractivity contribution in [3.8, 4) is 23.2 Å². The average molecular weight is 422 g/mol. The molecule has 31 heavy (non-hydrogen) atoms. The molecular weight excluding hydrogens is 400 g/mol. The summed E-state index contributed by atoms with van der Waals surface area (Å²) in [4.78, 5) is 15.4. The number of nitrogens with one attached hydrogen (secondary N) is 1. The number of aromatic hydroxyl groups is 1. The number of oxazole rings is 1. The Hall–Kier alpha value is -4.01. The summed E-state index contributed by atoms with van der Waals surface area (Å²) in [6.07, 6.45) is -1.11. The van der Waals surface area contributed by atoms with Gasteiger partial charge in [0.05, 0.1) is 12.6 Å². The summed E-state index contributed by atoms with van der Waals surface area (Å²) < 4.78 is 13.5. The van der Waals surface area contributed by atoms with E-state index in [2.05, 4.69) is 15.4 Å². The number of amides is 1. The third-order valence-corrected chi connectivity index (χ3v) is 4.74. The third-order valence-electron chi connectivity index (χ3n) is 4.74. The number of hydrogen-bond acceptors (Lipinski definition) is 6. The van der Waals surface area contributed by atoms with Gasteiger partial charge in [-0.3, -0.25) is 4.68 Å². The van der Waals surface area contributed by atoms with Crippen LogP contribution in [-0.2, 0) is 6.54 Å². The number of rotatable bonds is 7. The molecule has 0 saturated heterocycles. The van der Waals surface area contributed by atoms with Crippen LogP contribution in [0.2, 0.25) is 0 Å². The van der Waals surface area contributed by atoms with Crippen LogP contribution in [0.25, 0.3) is 22.7 Å². The van der Waals surface area contributed by atoms with Gasteiger partial charge in [-0.2, -0.15) is 0 Å². The van der Waals surface area contributed by atoms with Gasteiger partial charge in [0.15, 0.2) is 5.58 Å². The number of ether oxygens (including phenoxy) is 1. The highest BCUT2D eigenvalue weighted by Gasteiger charge is 2.23. The van der Waals surface area contributed by atoms with E-state index in [1.165, 1.54) is 6.07 Å². The summed E-state index contributed by atoms with van der Waals surface area (Å²) >= 11 is 0. The highest BCUT2D eigenvalue weighted by atomic mass is 16.5. The summed E-state index contributed by atoms with van der Waals surface area (Å²) in [7, 11) is 0. The molecule has 160 valence electrons. The Morgan fingerprint density at radius 1 is 1.26 bits per heavy atom. The lowest BCUT2D eigenvalue weighted by Crippen LogP contribution is -2.35. The first-order valence-electron chi connectivity index (χ1n) is 9.74. The second-order valence-corrected chi connectivity index (χ2v) is 7.25. The van der Waals surface area contributed by atoms with Crippen molar-refractivity contribution in [1.82, 2.24) is 20.1 Å². The van der Waals surface area contributed by atoms with Crippen LogP contribution in [0, 0.1) is 6.92 Å². The lowest BCUT2D eigenvalue weighted by molar-refractivity contribution is 0.182. The number of carboxylic acid groups (broad SMARTS) is 1. The minimum absolute atomic E-state index is 0.0913. The summed E-state index contributed by atoms with van der Waals surface area (Å²) in [5, 5.41) is 25.5. The van der Waals surface area contributed by atoms with E-state index in [1.807, 2.05) is 37.3 Å². The van der Waals surface area contributed by atoms with Crippen LogP contribution in [0.15, 0.2) is 52.9 Å². The molecule has 4 rings (SSSR count). The molecule has 2 aromatic carbocycles. The van der Waals surface area contributed by atoms with Crippen LogP contribution >= 0.6 is 0 Å². The van der Waals surface area contributed by atoms with E-state index in [-0.39, 0.29) is 12.4 Å².